The van der Waals surface area contributed by atoms with Crippen molar-refractivity contribution >= 4 is 0 Å². The van der Waals surface area contributed by atoms with Crippen molar-refractivity contribution in [3.05, 3.63) is 64.2 Å². The zero-order valence-corrected chi connectivity index (χ0v) is 15.5. The molecular weight excluding hydrogens is 306 g/mol. The summed E-state index contributed by atoms with van der Waals surface area (Å²) in [6.45, 7) is 6.54. The van der Waals surface area contributed by atoms with Gasteiger partial charge in [-0.15, -0.1) is 0 Å². The van der Waals surface area contributed by atoms with Gasteiger partial charge in [0.05, 0.1) is 0 Å². The van der Waals surface area contributed by atoms with E-state index in [1.807, 2.05) is 19.1 Å². The van der Waals surface area contributed by atoms with Gasteiger partial charge in [0.2, 0.25) is 0 Å². The second-order valence-electron chi connectivity index (χ2n) is 8.08. The van der Waals surface area contributed by atoms with Crippen molar-refractivity contribution in [1.29, 1.82) is 0 Å². The summed E-state index contributed by atoms with van der Waals surface area (Å²) in [6.07, 6.45) is 6.35. The van der Waals surface area contributed by atoms with Crippen LogP contribution in [0.4, 0.5) is 0 Å². The minimum Gasteiger partial charge on any atom is -0.508 e. The summed E-state index contributed by atoms with van der Waals surface area (Å²) >= 11 is 0. The van der Waals surface area contributed by atoms with Crippen LogP contribution >= 0.6 is 0 Å². The monoisotopic (exact) mass is 335 g/mol. The maximum atomic E-state index is 10.1. The largest absolute Gasteiger partial charge is 0.508 e. The lowest BCUT2D eigenvalue weighted by molar-refractivity contribution is 0.123. The van der Waals surface area contributed by atoms with Crippen molar-refractivity contribution in [3.63, 3.8) is 0 Å². The molecule has 0 bridgehead atoms. The Hall–Kier alpha value is -1.80. The SMILES string of the molecule is Cc1ccc2c(c1)CCN(CC1CCC1)[C@H]2Cc1ccc(C)c(O)c1. The Morgan fingerprint density at radius 2 is 1.92 bits per heavy atom. The third kappa shape index (κ3) is 3.46. The Kier molecular flexibility index (Phi) is 4.56. The normalized spacial score (nSPS) is 21.0. The Balaban J connectivity index is 1.64. The molecule has 25 heavy (non-hydrogen) atoms. The molecule has 2 aromatic carbocycles. The van der Waals surface area contributed by atoms with Gasteiger partial charge in [-0.2, -0.15) is 0 Å². The van der Waals surface area contributed by atoms with Gasteiger partial charge in [-0.05, 0) is 73.8 Å². The summed E-state index contributed by atoms with van der Waals surface area (Å²) in [5.74, 6) is 1.31. The van der Waals surface area contributed by atoms with Crippen LogP contribution < -0.4 is 0 Å². The zero-order chi connectivity index (χ0) is 17.4. The van der Waals surface area contributed by atoms with Crippen LogP contribution in [-0.2, 0) is 12.8 Å². The summed E-state index contributed by atoms with van der Waals surface area (Å²) in [5.41, 5.74) is 6.57. The zero-order valence-electron chi connectivity index (χ0n) is 15.5. The summed E-state index contributed by atoms with van der Waals surface area (Å²) < 4.78 is 0. The molecule has 1 fully saturated rings. The molecule has 1 aliphatic heterocycles. The average molecular weight is 335 g/mol. The van der Waals surface area contributed by atoms with E-state index in [4.69, 9.17) is 0 Å². The van der Waals surface area contributed by atoms with Crippen molar-refractivity contribution in [2.45, 2.75) is 52.0 Å². The maximum absolute atomic E-state index is 10.1. The maximum Gasteiger partial charge on any atom is 0.118 e. The number of aromatic hydroxyl groups is 1. The van der Waals surface area contributed by atoms with E-state index in [9.17, 15) is 5.11 Å². The highest BCUT2D eigenvalue weighted by Gasteiger charge is 2.30. The molecule has 2 heteroatoms. The molecule has 4 rings (SSSR count). The molecule has 2 nitrogen and oxygen atoms in total. The molecular formula is C23H29NO. The van der Waals surface area contributed by atoms with E-state index in [2.05, 4.69) is 36.1 Å². The fourth-order valence-electron chi connectivity index (χ4n) is 4.36. The summed E-state index contributed by atoms with van der Waals surface area (Å²) in [5, 5.41) is 10.1. The first-order valence-electron chi connectivity index (χ1n) is 9.72. The molecule has 0 radical (unpaired) electrons. The van der Waals surface area contributed by atoms with Gasteiger partial charge in [-0.3, -0.25) is 4.90 Å². The first kappa shape index (κ1) is 16.7. The number of nitrogens with zero attached hydrogens (tertiary/aromatic N) is 1. The molecule has 2 aliphatic rings. The molecule has 1 aliphatic carbocycles. The lowest BCUT2D eigenvalue weighted by atomic mass is 9.82. The molecule has 0 unspecified atom stereocenters. The third-order valence-corrected chi connectivity index (χ3v) is 6.19. The van der Waals surface area contributed by atoms with E-state index in [1.54, 1.807) is 0 Å². The molecule has 0 amide bonds. The van der Waals surface area contributed by atoms with Crippen LogP contribution in [0.5, 0.6) is 5.75 Å². The van der Waals surface area contributed by atoms with E-state index < -0.39 is 0 Å². The summed E-state index contributed by atoms with van der Waals surface area (Å²) in [6, 6.07) is 13.6. The summed E-state index contributed by atoms with van der Waals surface area (Å²) in [7, 11) is 0. The van der Waals surface area contributed by atoms with Gasteiger partial charge in [0.1, 0.15) is 5.75 Å². The first-order valence-corrected chi connectivity index (χ1v) is 9.72. The number of hydrogen-bond acceptors (Lipinski definition) is 2. The van der Waals surface area contributed by atoms with Crippen LogP contribution in [0.25, 0.3) is 0 Å². The first-order chi connectivity index (χ1) is 12.1. The number of aryl methyl sites for hydroxylation is 2. The average Bonchev–Trinajstić information content (AvgIpc) is 2.55. The molecule has 0 saturated heterocycles. The Morgan fingerprint density at radius 1 is 1.08 bits per heavy atom. The Morgan fingerprint density at radius 3 is 2.64 bits per heavy atom. The van der Waals surface area contributed by atoms with Crippen LogP contribution in [0.15, 0.2) is 36.4 Å². The van der Waals surface area contributed by atoms with Crippen LogP contribution in [0.2, 0.25) is 0 Å². The van der Waals surface area contributed by atoms with Crippen LogP contribution in [0.3, 0.4) is 0 Å². The van der Waals surface area contributed by atoms with Crippen molar-refractivity contribution in [1.82, 2.24) is 4.90 Å². The fraction of sp³-hybridized carbons (Fsp3) is 0.478. The highest BCUT2D eigenvalue weighted by Crippen LogP contribution is 2.37. The minimum atomic E-state index is 0.419. The predicted molar refractivity (Wildman–Crippen MR) is 103 cm³/mol. The highest BCUT2D eigenvalue weighted by molar-refractivity contribution is 5.39. The molecule has 1 atom stereocenters. The topological polar surface area (TPSA) is 23.5 Å². The third-order valence-electron chi connectivity index (χ3n) is 6.19. The fourth-order valence-corrected chi connectivity index (χ4v) is 4.36. The van der Waals surface area contributed by atoms with E-state index in [-0.39, 0.29) is 0 Å². The molecule has 1 heterocycles. The second kappa shape index (κ2) is 6.84. The standard InChI is InChI=1S/C23H29NO/c1-16-6-9-21-20(12-16)10-11-24(15-18-4-3-5-18)22(21)13-19-8-7-17(2)23(25)14-19/h6-9,12,14,18,22,25H,3-5,10-11,13,15H2,1-2H3/t22-/m0/s1. The van der Waals surface area contributed by atoms with Gasteiger partial charge in [0.15, 0.2) is 0 Å². The quantitative estimate of drug-likeness (QED) is 0.854. The Bertz CT molecular complexity index is 763. The predicted octanol–water partition coefficient (Wildman–Crippen LogP) is 4.95. The second-order valence-corrected chi connectivity index (χ2v) is 8.08. The van der Waals surface area contributed by atoms with Crippen LogP contribution in [-0.4, -0.2) is 23.1 Å². The smallest absolute Gasteiger partial charge is 0.118 e. The number of hydrogen-bond donors (Lipinski definition) is 1. The molecule has 132 valence electrons. The van der Waals surface area contributed by atoms with E-state index in [0.29, 0.717) is 11.8 Å². The molecule has 1 saturated carbocycles. The lowest BCUT2D eigenvalue weighted by Crippen LogP contribution is -2.41. The van der Waals surface area contributed by atoms with Crippen LogP contribution in [0.1, 0.15) is 53.1 Å². The summed E-state index contributed by atoms with van der Waals surface area (Å²) in [4.78, 5) is 2.71. The molecule has 2 aromatic rings. The van der Waals surface area contributed by atoms with Crippen LogP contribution in [0, 0.1) is 19.8 Å². The number of phenolic OH excluding ortho intramolecular Hbond substituents is 1. The Labute approximate surface area is 151 Å². The number of rotatable bonds is 4. The van der Waals surface area contributed by atoms with Gasteiger partial charge in [-0.25, -0.2) is 0 Å². The van der Waals surface area contributed by atoms with Crippen molar-refractivity contribution in [3.8, 4) is 5.75 Å². The van der Waals surface area contributed by atoms with Crippen molar-refractivity contribution < 1.29 is 5.11 Å². The number of benzene rings is 2. The van der Waals surface area contributed by atoms with E-state index in [1.165, 1.54) is 54.5 Å². The van der Waals surface area contributed by atoms with Gasteiger partial charge in [0, 0.05) is 19.1 Å². The van der Waals surface area contributed by atoms with E-state index in [0.717, 1.165) is 24.4 Å². The molecule has 0 spiro atoms. The van der Waals surface area contributed by atoms with Gasteiger partial charge >= 0.3 is 0 Å². The van der Waals surface area contributed by atoms with Gasteiger partial charge in [0.25, 0.3) is 0 Å². The lowest BCUT2D eigenvalue weighted by Gasteiger charge is -2.41. The molecule has 0 aromatic heterocycles. The van der Waals surface area contributed by atoms with Gasteiger partial charge in [-0.1, -0.05) is 42.3 Å². The van der Waals surface area contributed by atoms with E-state index >= 15 is 0 Å². The van der Waals surface area contributed by atoms with Gasteiger partial charge < -0.3 is 5.11 Å². The minimum absolute atomic E-state index is 0.419. The molecule has 1 N–H and O–H groups in total. The number of fused-ring (bicyclic) bond motifs is 1. The van der Waals surface area contributed by atoms with Crippen molar-refractivity contribution in [2.75, 3.05) is 13.1 Å². The highest BCUT2D eigenvalue weighted by atomic mass is 16.3. The number of phenols is 1. The van der Waals surface area contributed by atoms with Crippen molar-refractivity contribution in [2.24, 2.45) is 5.92 Å².